The van der Waals surface area contributed by atoms with Gasteiger partial charge in [-0.05, 0) is 28.2 Å². The Balaban J connectivity index is 1.53. The van der Waals surface area contributed by atoms with Crippen LogP contribution in [-0.2, 0) is 14.4 Å². The fourth-order valence-corrected chi connectivity index (χ4v) is 3.81. The first-order chi connectivity index (χ1) is 12.6. The molecular formula is C21H21NO4. The van der Waals surface area contributed by atoms with Crippen molar-refractivity contribution in [3.05, 3.63) is 59.7 Å². The lowest BCUT2D eigenvalue weighted by molar-refractivity contribution is -0.168. The van der Waals surface area contributed by atoms with E-state index in [1.165, 1.54) is 11.1 Å². The zero-order valence-corrected chi connectivity index (χ0v) is 14.8. The minimum Gasteiger partial charge on any atom is -0.446 e. The van der Waals surface area contributed by atoms with Gasteiger partial charge in [0.05, 0.1) is 12.5 Å². The molecule has 2 aliphatic rings. The molecule has 0 aromatic heterocycles. The van der Waals surface area contributed by atoms with Gasteiger partial charge in [0.15, 0.2) is 0 Å². The monoisotopic (exact) mass is 351 g/mol. The lowest BCUT2D eigenvalue weighted by Gasteiger charge is -2.24. The molecule has 0 radical (unpaired) electrons. The van der Waals surface area contributed by atoms with Gasteiger partial charge in [-0.1, -0.05) is 62.4 Å². The zero-order chi connectivity index (χ0) is 18.3. The Bertz CT molecular complexity index is 815. The summed E-state index contributed by atoms with van der Waals surface area (Å²) in [6, 6.07) is 16.1. The van der Waals surface area contributed by atoms with Crippen molar-refractivity contribution in [3.8, 4) is 11.1 Å². The summed E-state index contributed by atoms with van der Waals surface area (Å²) in [5.41, 5.74) is 4.66. The summed E-state index contributed by atoms with van der Waals surface area (Å²) in [7, 11) is 0. The Hall–Kier alpha value is -2.82. The van der Waals surface area contributed by atoms with E-state index in [-0.39, 0.29) is 30.9 Å². The van der Waals surface area contributed by atoms with Crippen LogP contribution in [0, 0.1) is 5.92 Å². The van der Waals surface area contributed by atoms with E-state index < -0.39 is 12.1 Å². The highest BCUT2D eigenvalue weighted by atomic mass is 16.8. The molecule has 0 unspecified atom stereocenters. The number of hydrogen-bond donors (Lipinski definition) is 0. The highest BCUT2D eigenvalue weighted by Gasteiger charge is 2.40. The maximum absolute atomic E-state index is 12.5. The number of nitrogens with zero attached hydrogens (tertiary/aromatic N) is 1. The van der Waals surface area contributed by atoms with Crippen LogP contribution in [0.5, 0.6) is 0 Å². The summed E-state index contributed by atoms with van der Waals surface area (Å²) < 4.78 is 5.56. The van der Waals surface area contributed by atoms with E-state index in [0.717, 1.165) is 16.2 Å². The molecule has 1 aliphatic carbocycles. The van der Waals surface area contributed by atoms with E-state index >= 15 is 0 Å². The summed E-state index contributed by atoms with van der Waals surface area (Å²) in [4.78, 5) is 29.2. The van der Waals surface area contributed by atoms with Crippen molar-refractivity contribution in [2.45, 2.75) is 32.2 Å². The van der Waals surface area contributed by atoms with Gasteiger partial charge in [0.25, 0.3) is 0 Å². The first kappa shape index (κ1) is 16.6. The average Bonchev–Trinajstić information content (AvgIpc) is 3.18. The number of hydrogen-bond acceptors (Lipinski definition) is 4. The summed E-state index contributed by atoms with van der Waals surface area (Å²) >= 11 is 0. The molecule has 1 heterocycles. The molecule has 1 fully saturated rings. The van der Waals surface area contributed by atoms with Crippen molar-refractivity contribution in [1.29, 1.82) is 0 Å². The second-order valence-corrected chi connectivity index (χ2v) is 7.11. The molecule has 1 amide bonds. The molecule has 4 rings (SSSR count). The Labute approximate surface area is 152 Å². The number of rotatable bonds is 3. The molecule has 0 bridgehead atoms. The van der Waals surface area contributed by atoms with Gasteiger partial charge in [-0.3, -0.25) is 0 Å². The van der Waals surface area contributed by atoms with Gasteiger partial charge in [-0.15, -0.1) is 5.06 Å². The second kappa shape index (κ2) is 6.48. The van der Waals surface area contributed by atoms with Gasteiger partial charge < -0.3 is 9.57 Å². The van der Waals surface area contributed by atoms with E-state index in [2.05, 4.69) is 24.3 Å². The number of fused-ring (bicyclic) bond motifs is 3. The molecule has 1 aliphatic heterocycles. The standard InChI is InChI=1S/C21H21NO4/c1-13(2)19-11-20(23)26-22(19)21(24)25-12-18-16-9-5-3-7-14(16)15-8-4-6-10-17(15)18/h3-10,13,18-19H,11-12H2,1-2H3/t19-/m0/s1. The lowest BCUT2D eigenvalue weighted by Crippen LogP contribution is -2.38. The maximum Gasteiger partial charge on any atom is 0.443 e. The number of hydroxylamine groups is 2. The van der Waals surface area contributed by atoms with Gasteiger partial charge in [0, 0.05) is 5.92 Å². The maximum atomic E-state index is 12.5. The normalized spacial score (nSPS) is 18.7. The number of benzene rings is 2. The quantitative estimate of drug-likeness (QED) is 0.834. The van der Waals surface area contributed by atoms with Crippen molar-refractivity contribution < 1.29 is 19.2 Å². The van der Waals surface area contributed by atoms with E-state index in [4.69, 9.17) is 9.57 Å². The molecule has 26 heavy (non-hydrogen) atoms. The fraction of sp³-hybridized carbons (Fsp3) is 0.333. The highest BCUT2D eigenvalue weighted by Crippen LogP contribution is 2.44. The van der Waals surface area contributed by atoms with Gasteiger partial charge in [-0.2, -0.15) is 0 Å². The molecule has 2 aromatic rings. The van der Waals surface area contributed by atoms with E-state index in [0.29, 0.717) is 0 Å². The van der Waals surface area contributed by atoms with Crippen molar-refractivity contribution in [2.24, 2.45) is 5.92 Å². The fourth-order valence-electron chi connectivity index (χ4n) is 3.81. The zero-order valence-electron chi connectivity index (χ0n) is 14.8. The smallest absolute Gasteiger partial charge is 0.443 e. The van der Waals surface area contributed by atoms with Crippen LogP contribution < -0.4 is 0 Å². The number of amides is 1. The molecule has 134 valence electrons. The summed E-state index contributed by atoms with van der Waals surface area (Å²) in [6.07, 6.45) is -0.390. The minimum atomic E-state index is -0.601. The van der Waals surface area contributed by atoms with Crippen LogP contribution in [0.25, 0.3) is 11.1 Å². The van der Waals surface area contributed by atoms with Gasteiger partial charge in [0.2, 0.25) is 0 Å². The highest BCUT2D eigenvalue weighted by molar-refractivity contribution is 5.80. The second-order valence-electron chi connectivity index (χ2n) is 7.11. The van der Waals surface area contributed by atoms with Crippen molar-refractivity contribution in [3.63, 3.8) is 0 Å². The largest absolute Gasteiger partial charge is 0.446 e. The molecule has 1 atom stereocenters. The van der Waals surface area contributed by atoms with Crippen LogP contribution in [0.3, 0.4) is 0 Å². The van der Waals surface area contributed by atoms with Gasteiger partial charge in [0.1, 0.15) is 6.61 Å². The average molecular weight is 351 g/mol. The number of carbonyl (C=O) groups excluding carboxylic acids is 2. The van der Waals surface area contributed by atoms with E-state index in [9.17, 15) is 9.59 Å². The Kier molecular flexibility index (Phi) is 4.15. The van der Waals surface area contributed by atoms with Crippen LogP contribution in [0.15, 0.2) is 48.5 Å². The molecule has 0 spiro atoms. The van der Waals surface area contributed by atoms with E-state index in [1.54, 1.807) is 0 Å². The Morgan fingerprint density at radius 1 is 1.12 bits per heavy atom. The molecule has 0 N–H and O–H groups in total. The SMILES string of the molecule is CC(C)[C@@H]1CC(=O)ON1C(=O)OCC1c2ccccc2-c2ccccc21. The van der Waals surface area contributed by atoms with Crippen molar-refractivity contribution in [2.75, 3.05) is 6.61 Å². The third-order valence-corrected chi connectivity index (χ3v) is 5.16. The summed E-state index contributed by atoms with van der Waals surface area (Å²) in [5, 5.41) is 1.10. The van der Waals surface area contributed by atoms with Crippen molar-refractivity contribution in [1.82, 2.24) is 5.06 Å². The lowest BCUT2D eigenvalue weighted by atomic mass is 9.98. The predicted octanol–water partition coefficient (Wildman–Crippen LogP) is 4.12. The molecule has 0 saturated carbocycles. The topological polar surface area (TPSA) is 55.8 Å². The Morgan fingerprint density at radius 3 is 2.27 bits per heavy atom. The third-order valence-electron chi connectivity index (χ3n) is 5.16. The first-order valence-electron chi connectivity index (χ1n) is 8.91. The molecular weight excluding hydrogens is 330 g/mol. The molecule has 5 heteroatoms. The van der Waals surface area contributed by atoms with Gasteiger partial charge >= 0.3 is 12.1 Å². The van der Waals surface area contributed by atoms with Crippen LogP contribution in [0.2, 0.25) is 0 Å². The molecule has 5 nitrogen and oxygen atoms in total. The van der Waals surface area contributed by atoms with Crippen LogP contribution in [-0.4, -0.2) is 29.8 Å². The van der Waals surface area contributed by atoms with Crippen LogP contribution in [0.1, 0.15) is 37.3 Å². The Morgan fingerprint density at radius 2 is 1.69 bits per heavy atom. The first-order valence-corrected chi connectivity index (χ1v) is 8.91. The molecule has 1 saturated heterocycles. The number of ether oxygens (including phenoxy) is 1. The third kappa shape index (κ3) is 2.73. The van der Waals surface area contributed by atoms with Crippen molar-refractivity contribution >= 4 is 12.1 Å². The summed E-state index contributed by atoms with van der Waals surface area (Å²) in [6.45, 7) is 4.12. The van der Waals surface area contributed by atoms with Crippen LogP contribution in [0.4, 0.5) is 4.79 Å². The van der Waals surface area contributed by atoms with Gasteiger partial charge in [-0.25, -0.2) is 9.59 Å². The molecule has 2 aromatic carbocycles. The minimum absolute atomic E-state index is 0.0119. The predicted molar refractivity (Wildman–Crippen MR) is 96.2 cm³/mol. The number of carbonyl (C=O) groups is 2. The van der Waals surface area contributed by atoms with Crippen LogP contribution >= 0.6 is 0 Å². The van der Waals surface area contributed by atoms with E-state index in [1.807, 2.05) is 38.1 Å². The summed E-state index contributed by atoms with van der Waals surface area (Å²) in [5.74, 6) is -0.290.